The molecule has 0 aromatic heterocycles. The highest BCUT2D eigenvalue weighted by atomic mass is 32.2. The van der Waals surface area contributed by atoms with E-state index in [0.717, 1.165) is 24.3 Å². The van der Waals surface area contributed by atoms with Crippen molar-refractivity contribution in [1.82, 2.24) is 0 Å². The topological polar surface area (TPSA) is 43.1 Å². The summed E-state index contributed by atoms with van der Waals surface area (Å²) >= 11 is 0. The van der Waals surface area contributed by atoms with Gasteiger partial charge in [0.05, 0.1) is 0 Å². The molecule has 2 nitrogen and oxygen atoms in total. The second-order valence-corrected chi connectivity index (χ2v) is 4.42. The van der Waals surface area contributed by atoms with Gasteiger partial charge in [0.1, 0.15) is 0 Å². The van der Waals surface area contributed by atoms with Crippen LogP contribution in [0.3, 0.4) is 0 Å². The molecule has 0 amide bonds. The summed E-state index contributed by atoms with van der Waals surface area (Å²) in [6.45, 7) is 3.93. The fourth-order valence-electron chi connectivity index (χ4n) is 0.711. The van der Waals surface area contributed by atoms with E-state index in [1.807, 2.05) is 13.8 Å². The summed E-state index contributed by atoms with van der Waals surface area (Å²) < 4.78 is 10.9. The van der Waals surface area contributed by atoms with E-state index in [0.29, 0.717) is 0 Å². The van der Waals surface area contributed by atoms with Crippen LogP contribution < -0.4 is 5.73 Å². The smallest absolute Gasteiger partial charge is 0.0235 e. The van der Waals surface area contributed by atoms with Crippen molar-refractivity contribution in [1.29, 1.82) is 0 Å². The molecule has 0 aliphatic carbocycles. The maximum Gasteiger partial charge on any atom is 0.0235 e. The number of hydrogen-bond acceptors (Lipinski definition) is 2. The van der Waals surface area contributed by atoms with Gasteiger partial charge in [0.2, 0.25) is 0 Å². The van der Waals surface area contributed by atoms with Crippen LogP contribution in [0.5, 0.6) is 0 Å². The first kappa shape index (κ1) is 10.1. The Hall–Kier alpha value is 0.110. The van der Waals surface area contributed by atoms with Crippen molar-refractivity contribution in [3.05, 3.63) is 0 Å². The van der Waals surface area contributed by atoms with Gasteiger partial charge in [-0.3, -0.25) is 4.21 Å². The van der Waals surface area contributed by atoms with Crippen molar-refractivity contribution in [2.45, 2.75) is 32.7 Å². The van der Waals surface area contributed by atoms with Crippen LogP contribution >= 0.6 is 0 Å². The van der Waals surface area contributed by atoms with Gasteiger partial charge in [-0.2, -0.15) is 0 Å². The van der Waals surface area contributed by atoms with Crippen LogP contribution in [-0.2, 0) is 10.8 Å². The van der Waals surface area contributed by atoms with Crippen LogP contribution in [0.25, 0.3) is 0 Å². The minimum atomic E-state index is -0.599. The Balaban J connectivity index is 3.12. The Morgan fingerprint density at radius 3 is 2.60 bits per heavy atom. The summed E-state index contributed by atoms with van der Waals surface area (Å²) in [6, 6.07) is 0.258. The average molecular weight is 163 g/mol. The molecule has 3 heteroatoms. The maximum absolute atomic E-state index is 10.9. The highest BCUT2D eigenvalue weighted by Gasteiger charge is 1.97. The first-order chi connectivity index (χ1) is 4.66. The zero-order valence-electron chi connectivity index (χ0n) is 6.80. The third-order valence-corrected chi connectivity index (χ3v) is 2.74. The molecule has 0 aromatic carbocycles. The van der Waals surface area contributed by atoms with E-state index in [1.165, 1.54) is 0 Å². The van der Waals surface area contributed by atoms with Gasteiger partial charge < -0.3 is 5.73 Å². The monoisotopic (exact) mass is 163 g/mol. The predicted molar refractivity (Wildman–Crippen MR) is 46.4 cm³/mol. The third kappa shape index (κ3) is 6.23. The van der Waals surface area contributed by atoms with E-state index in [2.05, 4.69) is 0 Å². The molecule has 0 rings (SSSR count). The zero-order chi connectivity index (χ0) is 7.98. The molecular formula is C7H17NOS. The van der Waals surface area contributed by atoms with Gasteiger partial charge in [0.25, 0.3) is 0 Å². The average Bonchev–Trinajstić information content (AvgIpc) is 1.87. The molecule has 0 aliphatic rings. The van der Waals surface area contributed by atoms with Crippen molar-refractivity contribution in [3.8, 4) is 0 Å². The van der Waals surface area contributed by atoms with Crippen LogP contribution in [0, 0.1) is 0 Å². The fourth-order valence-corrected chi connectivity index (χ4v) is 1.49. The van der Waals surface area contributed by atoms with Crippen molar-refractivity contribution in [2.75, 3.05) is 11.5 Å². The lowest BCUT2D eigenvalue weighted by Crippen LogP contribution is -2.15. The quantitative estimate of drug-likeness (QED) is 0.654. The van der Waals surface area contributed by atoms with Gasteiger partial charge in [0, 0.05) is 28.3 Å². The van der Waals surface area contributed by atoms with E-state index in [1.54, 1.807) is 0 Å². The van der Waals surface area contributed by atoms with Gasteiger partial charge >= 0.3 is 0 Å². The summed E-state index contributed by atoms with van der Waals surface area (Å²) in [5.74, 6) is 1.59. The van der Waals surface area contributed by atoms with E-state index in [4.69, 9.17) is 5.73 Å². The molecule has 62 valence electrons. The molecular weight excluding hydrogens is 146 g/mol. The molecule has 0 saturated carbocycles. The molecule has 0 radical (unpaired) electrons. The lowest BCUT2D eigenvalue weighted by Gasteiger charge is -2.02. The van der Waals surface area contributed by atoms with Gasteiger partial charge in [-0.25, -0.2) is 0 Å². The molecule has 2 atom stereocenters. The fraction of sp³-hybridized carbons (Fsp3) is 1.00. The minimum absolute atomic E-state index is 0.258. The number of hydrogen-bond donors (Lipinski definition) is 1. The Labute approximate surface area is 65.6 Å². The van der Waals surface area contributed by atoms with Crippen LogP contribution in [0.1, 0.15) is 26.7 Å². The van der Waals surface area contributed by atoms with Gasteiger partial charge in [0.15, 0.2) is 0 Å². The Kier molecular flexibility index (Phi) is 5.93. The number of rotatable bonds is 5. The summed E-state index contributed by atoms with van der Waals surface area (Å²) in [6.07, 6.45) is 1.99. The third-order valence-electron chi connectivity index (χ3n) is 1.35. The summed E-state index contributed by atoms with van der Waals surface area (Å²) in [5.41, 5.74) is 5.52. The SMILES string of the molecule is CCS(=O)CCCC(C)N. The van der Waals surface area contributed by atoms with Gasteiger partial charge in [-0.05, 0) is 19.8 Å². The zero-order valence-corrected chi connectivity index (χ0v) is 7.62. The summed E-state index contributed by atoms with van der Waals surface area (Å²) in [4.78, 5) is 0. The largest absolute Gasteiger partial charge is 0.328 e. The summed E-state index contributed by atoms with van der Waals surface area (Å²) in [7, 11) is -0.599. The van der Waals surface area contributed by atoms with Crippen molar-refractivity contribution in [3.63, 3.8) is 0 Å². The van der Waals surface area contributed by atoms with E-state index in [9.17, 15) is 4.21 Å². The molecule has 0 saturated heterocycles. The lowest BCUT2D eigenvalue weighted by molar-refractivity contribution is 0.644. The van der Waals surface area contributed by atoms with Crippen molar-refractivity contribution in [2.24, 2.45) is 5.73 Å². The van der Waals surface area contributed by atoms with E-state index < -0.39 is 10.8 Å². The molecule has 0 aliphatic heterocycles. The van der Waals surface area contributed by atoms with Crippen LogP contribution in [0.2, 0.25) is 0 Å². The van der Waals surface area contributed by atoms with Crippen LogP contribution in [0.15, 0.2) is 0 Å². The molecule has 0 spiro atoms. The van der Waals surface area contributed by atoms with Crippen LogP contribution in [0.4, 0.5) is 0 Å². The first-order valence-electron chi connectivity index (χ1n) is 3.77. The molecule has 2 N–H and O–H groups in total. The predicted octanol–water partition coefficient (Wildman–Crippen LogP) is 0.882. The van der Waals surface area contributed by atoms with Crippen molar-refractivity contribution >= 4 is 10.8 Å². The highest BCUT2D eigenvalue weighted by molar-refractivity contribution is 7.84. The van der Waals surface area contributed by atoms with Crippen LogP contribution in [-0.4, -0.2) is 21.8 Å². The molecule has 10 heavy (non-hydrogen) atoms. The molecule has 0 aromatic rings. The van der Waals surface area contributed by atoms with Gasteiger partial charge in [-0.1, -0.05) is 6.92 Å². The van der Waals surface area contributed by atoms with E-state index in [-0.39, 0.29) is 6.04 Å². The molecule has 0 heterocycles. The number of nitrogens with two attached hydrogens (primary N) is 1. The first-order valence-corrected chi connectivity index (χ1v) is 5.26. The molecule has 0 fully saturated rings. The molecule has 2 unspecified atom stereocenters. The second kappa shape index (κ2) is 5.86. The van der Waals surface area contributed by atoms with E-state index >= 15 is 0 Å². The van der Waals surface area contributed by atoms with Crippen molar-refractivity contribution < 1.29 is 4.21 Å². The Morgan fingerprint density at radius 2 is 2.20 bits per heavy atom. The molecule has 0 bridgehead atoms. The maximum atomic E-state index is 10.9. The lowest BCUT2D eigenvalue weighted by atomic mass is 10.2. The second-order valence-electron chi connectivity index (χ2n) is 2.55. The van der Waals surface area contributed by atoms with Gasteiger partial charge in [-0.15, -0.1) is 0 Å². The Morgan fingerprint density at radius 1 is 1.60 bits per heavy atom. The highest BCUT2D eigenvalue weighted by Crippen LogP contribution is 1.95. The minimum Gasteiger partial charge on any atom is -0.328 e. The normalized spacial score (nSPS) is 16.7. The summed E-state index contributed by atoms with van der Waals surface area (Å²) in [5, 5.41) is 0. The Bertz CT molecular complexity index is 104. The standard InChI is InChI=1S/C7H17NOS/c1-3-10(9)6-4-5-7(2)8/h7H,3-6,8H2,1-2H3.